The molecule has 150 valence electrons. The Morgan fingerprint density at radius 3 is 2.48 bits per heavy atom. The van der Waals surface area contributed by atoms with Crippen molar-refractivity contribution >= 4 is 21.7 Å². The first-order valence-electron chi connectivity index (χ1n) is 8.71. The van der Waals surface area contributed by atoms with Crippen molar-refractivity contribution in [1.29, 1.82) is 0 Å². The number of sulfonamides is 1. The van der Waals surface area contributed by atoms with Crippen molar-refractivity contribution in [1.82, 2.24) is 0 Å². The highest BCUT2D eigenvalue weighted by Gasteiger charge is 2.18. The molecule has 0 saturated carbocycles. The number of para-hydroxylation sites is 1. The summed E-state index contributed by atoms with van der Waals surface area (Å²) in [5.74, 6) is -1.53. The van der Waals surface area contributed by atoms with Gasteiger partial charge >= 0.3 is 5.97 Å². The van der Waals surface area contributed by atoms with E-state index in [4.69, 9.17) is 10.8 Å². The van der Waals surface area contributed by atoms with Crippen LogP contribution in [0.3, 0.4) is 0 Å². The lowest BCUT2D eigenvalue weighted by atomic mass is 10.0. The van der Waals surface area contributed by atoms with Gasteiger partial charge in [0.15, 0.2) is 0 Å². The van der Waals surface area contributed by atoms with Gasteiger partial charge in [-0.15, -0.1) is 0 Å². The van der Waals surface area contributed by atoms with Crippen molar-refractivity contribution in [3.8, 4) is 11.1 Å². The van der Waals surface area contributed by atoms with E-state index in [0.29, 0.717) is 22.3 Å². The zero-order valence-electron chi connectivity index (χ0n) is 15.3. The molecular weight excluding hydrogens is 395 g/mol. The van der Waals surface area contributed by atoms with Crippen LogP contribution in [-0.2, 0) is 27.8 Å². The molecule has 0 unspecified atom stereocenters. The van der Waals surface area contributed by atoms with Crippen molar-refractivity contribution in [2.75, 3.05) is 4.72 Å². The third-order valence-electron chi connectivity index (χ3n) is 4.27. The summed E-state index contributed by atoms with van der Waals surface area (Å²) < 4.78 is 42.0. The summed E-state index contributed by atoms with van der Waals surface area (Å²) in [5, 5.41) is 9.02. The lowest BCUT2D eigenvalue weighted by Gasteiger charge is -2.13. The third kappa shape index (κ3) is 4.98. The number of halogens is 1. The van der Waals surface area contributed by atoms with E-state index in [9.17, 15) is 17.6 Å². The molecule has 0 atom stereocenters. The first kappa shape index (κ1) is 20.5. The number of carboxylic acid groups (broad SMARTS) is 1. The summed E-state index contributed by atoms with van der Waals surface area (Å²) in [7, 11) is -3.99. The van der Waals surface area contributed by atoms with Crippen molar-refractivity contribution in [3.63, 3.8) is 0 Å². The molecule has 3 rings (SSSR count). The average Bonchev–Trinajstić information content (AvgIpc) is 2.68. The quantitative estimate of drug-likeness (QED) is 0.549. The van der Waals surface area contributed by atoms with E-state index in [1.807, 2.05) is 0 Å². The summed E-state index contributed by atoms with van der Waals surface area (Å²) in [5.41, 5.74) is 7.74. The van der Waals surface area contributed by atoms with Crippen LogP contribution in [0.5, 0.6) is 0 Å². The van der Waals surface area contributed by atoms with Crippen molar-refractivity contribution in [3.05, 3.63) is 83.7 Å². The molecule has 0 fully saturated rings. The zero-order chi connectivity index (χ0) is 21.0. The Kier molecular flexibility index (Phi) is 5.95. The SMILES string of the molecule is NCc1cc(F)cc(-c2cccc(S(=O)(=O)Nc3ccccc3CC(=O)O)c2)c1. The second kappa shape index (κ2) is 8.42. The van der Waals surface area contributed by atoms with Gasteiger partial charge in [-0.2, -0.15) is 0 Å². The number of benzene rings is 3. The molecule has 0 saturated heterocycles. The first-order valence-corrected chi connectivity index (χ1v) is 10.2. The van der Waals surface area contributed by atoms with E-state index in [-0.39, 0.29) is 23.5 Å². The molecular formula is C21H19FN2O4S. The number of aliphatic carboxylic acids is 1. The summed E-state index contributed by atoms with van der Waals surface area (Å²) in [6, 6.07) is 16.7. The van der Waals surface area contributed by atoms with Crippen LogP contribution in [0.1, 0.15) is 11.1 Å². The number of hydrogen-bond donors (Lipinski definition) is 3. The maximum absolute atomic E-state index is 13.8. The minimum absolute atomic E-state index is 0.0290. The Morgan fingerprint density at radius 1 is 1.00 bits per heavy atom. The molecule has 0 aliphatic rings. The van der Waals surface area contributed by atoms with Crippen LogP contribution in [0.4, 0.5) is 10.1 Å². The van der Waals surface area contributed by atoms with E-state index in [2.05, 4.69) is 4.72 Å². The monoisotopic (exact) mass is 414 g/mol. The number of hydrogen-bond acceptors (Lipinski definition) is 4. The number of nitrogens with one attached hydrogen (secondary N) is 1. The van der Waals surface area contributed by atoms with Crippen molar-refractivity contribution in [2.45, 2.75) is 17.9 Å². The minimum Gasteiger partial charge on any atom is -0.481 e. The Bertz CT molecular complexity index is 1160. The van der Waals surface area contributed by atoms with Gasteiger partial charge < -0.3 is 10.8 Å². The molecule has 0 radical (unpaired) electrons. The molecule has 0 heterocycles. The van der Waals surface area contributed by atoms with Gasteiger partial charge in [0.1, 0.15) is 5.82 Å². The van der Waals surface area contributed by atoms with Crippen LogP contribution in [0, 0.1) is 5.82 Å². The Morgan fingerprint density at radius 2 is 1.76 bits per heavy atom. The summed E-state index contributed by atoms with van der Waals surface area (Å²) in [6.45, 7) is 0.157. The molecule has 8 heteroatoms. The van der Waals surface area contributed by atoms with Crippen molar-refractivity contribution in [2.24, 2.45) is 5.73 Å². The molecule has 6 nitrogen and oxygen atoms in total. The van der Waals surface area contributed by atoms with E-state index >= 15 is 0 Å². The average molecular weight is 414 g/mol. The molecule has 0 aliphatic carbocycles. The summed E-state index contributed by atoms with van der Waals surface area (Å²) >= 11 is 0. The molecule has 29 heavy (non-hydrogen) atoms. The normalized spacial score (nSPS) is 11.2. The van der Waals surface area contributed by atoms with Crippen LogP contribution < -0.4 is 10.5 Å². The number of rotatable bonds is 7. The Hall–Kier alpha value is -3.23. The second-order valence-electron chi connectivity index (χ2n) is 6.41. The first-order chi connectivity index (χ1) is 13.8. The van der Waals surface area contributed by atoms with Gasteiger partial charge in [0.05, 0.1) is 17.0 Å². The van der Waals surface area contributed by atoms with Gasteiger partial charge in [0.2, 0.25) is 0 Å². The standard InChI is InChI=1S/C21H19FN2O4S/c22-18-9-14(13-23)8-17(10-18)15-5-3-6-19(11-15)29(27,28)24-20-7-2-1-4-16(20)12-21(25)26/h1-11,24H,12-13,23H2,(H,25,26). The fraction of sp³-hybridized carbons (Fsp3) is 0.0952. The predicted octanol–water partition coefficient (Wildman–Crippen LogP) is 3.38. The summed E-state index contributed by atoms with van der Waals surface area (Å²) in [4.78, 5) is 11.0. The number of nitrogens with two attached hydrogens (primary N) is 1. The van der Waals surface area contributed by atoms with E-state index in [1.165, 1.54) is 30.3 Å². The lowest BCUT2D eigenvalue weighted by molar-refractivity contribution is -0.136. The highest BCUT2D eigenvalue weighted by atomic mass is 32.2. The predicted molar refractivity (Wildman–Crippen MR) is 108 cm³/mol. The van der Waals surface area contributed by atoms with E-state index in [1.54, 1.807) is 36.4 Å². The molecule has 3 aromatic rings. The number of carbonyl (C=O) groups is 1. The molecule has 4 N–H and O–H groups in total. The summed E-state index contributed by atoms with van der Waals surface area (Å²) in [6.07, 6.45) is -0.316. The Labute approximate surface area is 167 Å². The van der Waals surface area contributed by atoms with Gasteiger partial charge in [0.25, 0.3) is 10.0 Å². The minimum atomic E-state index is -3.99. The van der Waals surface area contributed by atoms with Gasteiger partial charge in [-0.1, -0.05) is 30.3 Å². The van der Waals surface area contributed by atoms with Gasteiger partial charge in [-0.25, -0.2) is 12.8 Å². The van der Waals surface area contributed by atoms with Gasteiger partial charge in [-0.3, -0.25) is 9.52 Å². The van der Waals surface area contributed by atoms with Crippen LogP contribution in [0.25, 0.3) is 11.1 Å². The number of anilines is 1. The van der Waals surface area contributed by atoms with Crippen LogP contribution >= 0.6 is 0 Å². The van der Waals surface area contributed by atoms with Gasteiger partial charge in [-0.05, 0) is 58.7 Å². The molecule has 0 amide bonds. The van der Waals surface area contributed by atoms with Crippen molar-refractivity contribution < 1.29 is 22.7 Å². The van der Waals surface area contributed by atoms with Gasteiger partial charge in [0, 0.05) is 6.54 Å². The topological polar surface area (TPSA) is 109 Å². The van der Waals surface area contributed by atoms with E-state index in [0.717, 1.165) is 0 Å². The maximum atomic E-state index is 13.8. The highest BCUT2D eigenvalue weighted by molar-refractivity contribution is 7.92. The molecule has 0 aromatic heterocycles. The van der Waals surface area contributed by atoms with Crippen LogP contribution in [-0.4, -0.2) is 19.5 Å². The fourth-order valence-corrected chi connectivity index (χ4v) is 4.06. The fourth-order valence-electron chi connectivity index (χ4n) is 2.92. The Balaban J connectivity index is 1.96. The molecule has 3 aromatic carbocycles. The van der Waals surface area contributed by atoms with Crippen LogP contribution in [0.15, 0.2) is 71.6 Å². The van der Waals surface area contributed by atoms with Crippen LogP contribution in [0.2, 0.25) is 0 Å². The second-order valence-corrected chi connectivity index (χ2v) is 8.10. The van der Waals surface area contributed by atoms with E-state index < -0.39 is 21.8 Å². The lowest BCUT2D eigenvalue weighted by Crippen LogP contribution is -2.15. The maximum Gasteiger partial charge on any atom is 0.307 e. The number of carboxylic acids is 1. The highest BCUT2D eigenvalue weighted by Crippen LogP contribution is 2.26. The smallest absolute Gasteiger partial charge is 0.307 e. The third-order valence-corrected chi connectivity index (χ3v) is 5.64. The molecule has 0 aliphatic heterocycles. The molecule has 0 spiro atoms. The zero-order valence-corrected chi connectivity index (χ0v) is 16.1. The molecule has 0 bridgehead atoms. The largest absolute Gasteiger partial charge is 0.481 e.